The van der Waals surface area contributed by atoms with Gasteiger partial charge in [-0.15, -0.1) is 11.3 Å². The van der Waals surface area contributed by atoms with Gasteiger partial charge in [0, 0.05) is 11.8 Å². The van der Waals surface area contributed by atoms with Crippen molar-refractivity contribution in [2.75, 3.05) is 0 Å². The maximum Gasteiger partial charge on any atom is 0.170 e. The molecule has 0 atom stereocenters. The predicted molar refractivity (Wildman–Crippen MR) is 69.5 cm³/mol. The minimum atomic E-state index is -0.00596. The van der Waals surface area contributed by atoms with Crippen molar-refractivity contribution in [3.05, 3.63) is 41.1 Å². The molecule has 0 unspecified atom stereocenters. The van der Waals surface area contributed by atoms with Crippen LogP contribution in [0.3, 0.4) is 0 Å². The average Bonchev–Trinajstić information content (AvgIpc) is 2.79. The molecule has 0 saturated carbocycles. The van der Waals surface area contributed by atoms with E-state index in [-0.39, 0.29) is 10.9 Å². The van der Waals surface area contributed by atoms with E-state index >= 15 is 0 Å². The van der Waals surface area contributed by atoms with Crippen LogP contribution in [0.4, 0.5) is 0 Å². The molecule has 0 aliphatic carbocycles. The number of aromatic nitrogens is 2. The maximum absolute atomic E-state index is 9.53. The molecule has 2 heterocycles. The van der Waals surface area contributed by atoms with Crippen molar-refractivity contribution in [1.82, 2.24) is 9.97 Å². The molecular formula is C12H7ClN2OS. The smallest absolute Gasteiger partial charge is 0.170 e. The van der Waals surface area contributed by atoms with E-state index in [0.717, 1.165) is 21.3 Å². The number of nitrogens with zero attached hydrogens (tertiary/aromatic N) is 2. The third kappa shape index (κ3) is 1.85. The average molecular weight is 263 g/mol. The number of fused-ring (bicyclic) bond motifs is 1. The van der Waals surface area contributed by atoms with Crippen LogP contribution in [-0.2, 0) is 0 Å². The molecule has 0 radical (unpaired) electrons. The van der Waals surface area contributed by atoms with Crippen molar-refractivity contribution >= 4 is 33.2 Å². The highest BCUT2D eigenvalue weighted by Gasteiger charge is 2.05. The van der Waals surface area contributed by atoms with Gasteiger partial charge in [0.2, 0.25) is 0 Å². The summed E-state index contributed by atoms with van der Waals surface area (Å²) in [5.41, 5.74) is 4.61. The van der Waals surface area contributed by atoms with Crippen molar-refractivity contribution in [2.45, 2.75) is 0 Å². The minimum absolute atomic E-state index is 0.00596. The Hall–Kier alpha value is -1.65. The highest BCUT2D eigenvalue weighted by Crippen LogP contribution is 2.30. The molecule has 0 saturated heterocycles. The van der Waals surface area contributed by atoms with Crippen LogP contribution in [0.5, 0.6) is 5.75 Å². The van der Waals surface area contributed by atoms with Crippen molar-refractivity contribution < 1.29 is 5.11 Å². The lowest BCUT2D eigenvalue weighted by Crippen LogP contribution is -1.81. The third-order valence-corrected chi connectivity index (χ3v) is 3.57. The van der Waals surface area contributed by atoms with Gasteiger partial charge in [0.05, 0.1) is 15.7 Å². The zero-order valence-electron chi connectivity index (χ0n) is 8.59. The summed E-state index contributed by atoms with van der Waals surface area (Å²) >= 11 is 7.26. The van der Waals surface area contributed by atoms with Gasteiger partial charge in [-0.2, -0.15) is 0 Å². The van der Waals surface area contributed by atoms with Crippen LogP contribution < -0.4 is 0 Å². The molecule has 3 nitrogen and oxygen atoms in total. The highest BCUT2D eigenvalue weighted by atomic mass is 35.5. The lowest BCUT2D eigenvalue weighted by molar-refractivity contribution is 0.473. The number of hydrogen-bond acceptors (Lipinski definition) is 4. The van der Waals surface area contributed by atoms with Gasteiger partial charge in [-0.3, -0.25) is 0 Å². The van der Waals surface area contributed by atoms with Crippen LogP contribution in [0.1, 0.15) is 0 Å². The number of halogens is 1. The molecule has 1 N–H and O–H groups in total. The van der Waals surface area contributed by atoms with Gasteiger partial charge in [-0.25, -0.2) is 9.97 Å². The third-order valence-electron chi connectivity index (χ3n) is 2.49. The lowest BCUT2D eigenvalue weighted by atomic mass is 10.1. The molecule has 0 bridgehead atoms. The van der Waals surface area contributed by atoms with Crippen molar-refractivity contribution in [3.63, 3.8) is 0 Å². The number of aromatic hydroxyl groups is 1. The fourth-order valence-electron chi connectivity index (χ4n) is 1.63. The Balaban J connectivity index is 2.16. The molecule has 0 aliphatic heterocycles. The van der Waals surface area contributed by atoms with Crippen molar-refractivity contribution in [1.29, 1.82) is 0 Å². The number of benzene rings is 1. The van der Waals surface area contributed by atoms with Gasteiger partial charge in [-0.05, 0) is 23.8 Å². The molecule has 5 heteroatoms. The summed E-state index contributed by atoms with van der Waals surface area (Å²) in [7, 11) is 0. The van der Waals surface area contributed by atoms with E-state index in [0.29, 0.717) is 0 Å². The maximum atomic E-state index is 9.53. The van der Waals surface area contributed by atoms with Crippen LogP contribution in [0, 0.1) is 0 Å². The van der Waals surface area contributed by atoms with E-state index in [2.05, 4.69) is 9.97 Å². The van der Waals surface area contributed by atoms with Crippen molar-refractivity contribution in [3.8, 4) is 16.9 Å². The van der Waals surface area contributed by atoms with Crippen LogP contribution in [0.2, 0.25) is 5.15 Å². The molecule has 2 aromatic heterocycles. The standard InChI is InChI=1S/C12H7ClN2OS/c13-12-10(16)3-8(5-14-12)7-1-2-9-11(4-7)17-6-15-9/h1-6,16H. The Bertz CT molecular complexity index is 696. The monoisotopic (exact) mass is 262 g/mol. The second kappa shape index (κ2) is 3.98. The van der Waals surface area contributed by atoms with Gasteiger partial charge in [0.1, 0.15) is 0 Å². The van der Waals surface area contributed by atoms with Gasteiger partial charge >= 0.3 is 0 Å². The van der Waals surface area contributed by atoms with Gasteiger partial charge in [0.15, 0.2) is 10.9 Å². The van der Waals surface area contributed by atoms with E-state index < -0.39 is 0 Å². The van der Waals surface area contributed by atoms with Gasteiger partial charge in [-0.1, -0.05) is 17.7 Å². The molecule has 0 spiro atoms. The zero-order valence-corrected chi connectivity index (χ0v) is 10.2. The summed E-state index contributed by atoms with van der Waals surface area (Å²) in [5.74, 6) is -0.00596. The van der Waals surface area contributed by atoms with Crippen LogP contribution in [0.25, 0.3) is 21.3 Å². The largest absolute Gasteiger partial charge is 0.505 e. The summed E-state index contributed by atoms with van der Waals surface area (Å²) < 4.78 is 1.11. The van der Waals surface area contributed by atoms with Gasteiger partial charge < -0.3 is 5.11 Å². The van der Waals surface area contributed by atoms with E-state index in [1.54, 1.807) is 23.6 Å². The molecule has 17 heavy (non-hydrogen) atoms. The summed E-state index contributed by atoms with van der Waals surface area (Å²) in [4.78, 5) is 8.14. The lowest BCUT2D eigenvalue weighted by Gasteiger charge is -2.02. The molecule has 1 aromatic carbocycles. The van der Waals surface area contributed by atoms with E-state index in [4.69, 9.17) is 11.6 Å². The first kappa shape index (κ1) is 10.5. The fourth-order valence-corrected chi connectivity index (χ4v) is 2.45. The Morgan fingerprint density at radius 2 is 2.00 bits per heavy atom. The van der Waals surface area contributed by atoms with Crippen LogP contribution >= 0.6 is 22.9 Å². The molecule has 3 rings (SSSR count). The molecular weight excluding hydrogens is 256 g/mol. The van der Waals surface area contributed by atoms with Gasteiger partial charge in [0.25, 0.3) is 0 Å². The first-order valence-corrected chi connectivity index (χ1v) is 6.18. The SMILES string of the molecule is Oc1cc(-c2ccc3ncsc3c2)cnc1Cl. The predicted octanol–water partition coefficient (Wildman–Crippen LogP) is 3.72. The molecule has 3 aromatic rings. The zero-order chi connectivity index (χ0) is 11.8. The topological polar surface area (TPSA) is 46.0 Å². The minimum Gasteiger partial charge on any atom is -0.505 e. The highest BCUT2D eigenvalue weighted by molar-refractivity contribution is 7.16. The fraction of sp³-hybridized carbons (Fsp3) is 0. The van der Waals surface area contributed by atoms with Crippen LogP contribution in [-0.4, -0.2) is 15.1 Å². The Morgan fingerprint density at radius 3 is 2.82 bits per heavy atom. The molecule has 0 fully saturated rings. The first-order chi connectivity index (χ1) is 8.24. The summed E-state index contributed by atoms with van der Waals surface area (Å²) in [6.45, 7) is 0. The quantitative estimate of drug-likeness (QED) is 0.680. The second-order valence-electron chi connectivity index (χ2n) is 3.57. The molecule has 84 valence electrons. The molecule has 0 aliphatic rings. The number of rotatable bonds is 1. The Kier molecular flexibility index (Phi) is 2.46. The van der Waals surface area contributed by atoms with E-state index in [1.165, 1.54) is 0 Å². The number of hydrogen-bond donors (Lipinski definition) is 1. The van der Waals surface area contributed by atoms with Crippen molar-refractivity contribution in [2.24, 2.45) is 0 Å². The summed E-state index contributed by atoms with van der Waals surface area (Å²) in [6, 6.07) is 7.54. The normalized spacial score (nSPS) is 10.9. The first-order valence-electron chi connectivity index (χ1n) is 4.92. The number of thiazole rings is 1. The number of pyridine rings is 1. The Labute approximate surface area is 106 Å². The molecule has 0 amide bonds. The van der Waals surface area contributed by atoms with Crippen LogP contribution in [0.15, 0.2) is 36.0 Å². The summed E-state index contributed by atoms with van der Waals surface area (Å²) in [5, 5.41) is 9.65. The Morgan fingerprint density at radius 1 is 1.12 bits per heavy atom. The summed E-state index contributed by atoms with van der Waals surface area (Å²) in [6.07, 6.45) is 1.64. The second-order valence-corrected chi connectivity index (χ2v) is 4.81. The van der Waals surface area contributed by atoms with E-state index in [1.807, 2.05) is 23.7 Å². The van der Waals surface area contributed by atoms with E-state index in [9.17, 15) is 5.11 Å².